The third-order valence-corrected chi connectivity index (χ3v) is 3.19. The summed E-state index contributed by atoms with van der Waals surface area (Å²) in [7, 11) is 1.75. The second kappa shape index (κ2) is 4.97. The Hall–Kier alpha value is -2.34. The summed E-state index contributed by atoms with van der Waals surface area (Å²) in [6.07, 6.45) is 1.50. The smallest absolute Gasteiger partial charge is 0.263 e. The van der Waals surface area contributed by atoms with Gasteiger partial charge in [0.15, 0.2) is 5.65 Å². The Kier molecular flexibility index (Phi) is 3.15. The van der Waals surface area contributed by atoms with Gasteiger partial charge in [0.1, 0.15) is 5.39 Å². The first-order valence-electron chi connectivity index (χ1n) is 6.04. The van der Waals surface area contributed by atoms with Crippen molar-refractivity contribution in [3.8, 4) is 0 Å². The van der Waals surface area contributed by atoms with Crippen molar-refractivity contribution in [1.29, 1.82) is 0 Å². The summed E-state index contributed by atoms with van der Waals surface area (Å²) in [6, 6.07) is 7.49. The van der Waals surface area contributed by atoms with Gasteiger partial charge < -0.3 is 5.32 Å². The number of aromatic amines is 1. The molecule has 0 fully saturated rings. The predicted octanol–water partition coefficient (Wildman–Crippen LogP) is 1.92. The topological polar surface area (TPSA) is 75.6 Å². The maximum atomic E-state index is 11.9. The van der Waals surface area contributed by atoms with Crippen molar-refractivity contribution < 1.29 is 0 Å². The molecule has 7 heteroatoms. The highest BCUT2D eigenvalue weighted by atomic mass is 35.5. The summed E-state index contributed by atoms with van der Waals surface area (Å²) in [6.45, 7) is 0.521. The molecule has 2 N–H and O–H groups in total. The second-order valence-corrected chi connectivity index (χ2v) is 4.84. The lowest BCUT2D eigenvalue weighted by molar-refractivity contribution is 0.785. The number of fused-ring (bicyclic) bond motifs is 1. The van der Waals surface area contributed by atoms with Crippen molar-refractivity contribution in [3.63, 3.8) is 0 Å². The second-order valence-electron chi connectivity index (χ2n) is 4.40. The van der Waals surface area contributed by atoms with Gasteiger partial charge in [-0.1, -0.05) is 23.7 Å². The number of rotatable bonds is 3. The number of nitrogens with zero attached hydrogens (tertiary/aromatic N) is 3. The highest BCUT2D eigenvalue weighted by molar-refractivity contribution is 6.30. The Balaban J connectivity index is 1.88. The third kappa shape index (κ3) is 2.37. The molecular formula is C13H12ClN5O. The van der Waals surface area contributed by atoms with Gasteiger partial charge in [-0.3, -0.25) is 14.5 Å². The fourth-order valence-electron chi connectivity index (χ4n) is 1.95. The van der Waals surface area contributed by atoms with Crippen LogP contribution < -0.4 is 10.9 Å². The molecule has 3 rings (SSSR count). The van der Waals surface area contributed by atoms with Crippen LogP contribution in [0.5, 0.6) is 0 Å². The number of hydrogen-bond acceptors (Lipinski definition) is 4. The molecule has 0 radical (unpaired) electrons. The highest BCUT2D eigenvalue weighted by Crippen LogP contribution is 2.12. The van der Waals surface area contributed by atoms with Gasteiger partial charge in [0, 0.05) is 18.6 Å². The summed E-state index contributed by atoms with van der Waals surface area (Å²) in [5.74, 6) is 0.408. The van der Waals surface area contributed by atoms with Crippen LogP contribution in [0.2, 0.25) is 5.02 Å². The molecule has 3 aromatic rings. The zero-order valence-corrected chi connectivity index (χ0v) is 11.5. The van der Waals surface area contributed by atoms with Crippen molar-refractivity contribution in [3.05, 3.63) is 51.4 Å². The maximum absolute atomic E-state index is 11.9. The fourth-order valence-corrected chi connectivity index (χ4v) is 2.16. The van der Waals surface area contributed by atoms with Crippen LogP contribution in [0.1, 0.15) is 5.56 Å². The molecule has 0 bridgehead atoms. The minimum atomic E-state index is -0.211. The van der Waals surface area contributed by atoms with E-state index in [-0.39, 0.29) is 5.56 Å². The molecule has 1 aromatic carbocycles. The number of aromatic nitrogens is 4. The molecule has 0 aliphatic heterocycles. The van der Waals surface area contributed by atoms with Crippen LogP contribution in [0, 0.1) is 0 Å². The van der Waals surface area contributed by atoms with Gasteiger partial charge in [0.25, 0.3) is 5.56 Å². The molecule has 0 spiro atoms. The summed E-state index contributed by atoms with van der Waals surface area (Å²) >= 11 is 5.92. The Morgan fingerprint density at radius 1 is 1.45 bits per heavy atom. The zero-order valence-electron chi connectivity index (χ0n) is 10.7. The number of aryl methyl sites for hydroxylation is 1. The van der Waals surface area contributed by atoms with E-state index in [0.29, 0.717) is 28.5 Å². The van der Waals surface area contributed by atoms with Gasteiger partial charge in [-0.2, -0.15) is 10.1 Å². The zero-order chi connectivity index (χ0) is 14.1. The van der Waals surface area contributed by atoms with Gasteiger partial charge >= 0.3 is 0 Å². The molecule has 0 aliphatic carbocycles. The van der Waals surface area contributed by atoms with E-state index >= 15 is 0 Å². The van der Waals surface area contributed by atoms with Crippen molar-refractivity contribution in [1.82, 2.24) is 19.7 Å². The van der Waals surface area contributed by atoms with Gasteiger partial charge in [0.2, 0.25) is 5.95 Å². The van der Waals surface area contributed by atoms with Crippen LogP contribution in [-0.4, -0.2) is 19.7 Å². The van der Waals surface area contributed by atoms with E-state index in [1.165, 1.54) is 6.20 Å². The Bertz CT molecular complexity index is 823. The van der Waals surface area contributed by atoms with Gasteiger partial charge in [-0.15, -0.1) is 0 Å². The third-order valence-electron chi connectivity index (χ3n) is 2.95. The highest BCUT2D eigenvalue weighted by Gasteiger charge is 2.07. The summed E-state index contributed by atoms with van der Waals surface area (Å²) in [4.78, 5) is 18.9. The molecule has 6 nitrogen and oxygen atoms in total. The number of H-pyrrole nitrogens is 1. The Morgan fingerprint density at radius 2 is 2.30 bits per heavy atom. The van der Waals surface area contributed by atoms with Crippen molar-refractivity contribution >= 4 is 28.6 Å². The molecule has 2 heterocycles. The SMILES string of the molecule is Cn1ncc2c(=O)[nH]c(NCc3cccc(Cl)c3)nc21. The van der Waals surface area contributed by atoms with Gasteiger partial charge in [0.05, 0.1) is 6.20 Å². The lowest BCUT2D eigenvalue weighted by atomic mass is 10.2. The number of hydrogen-bond donors (Lipinski definition) is 2. The fraction of sp³-hybridized carbons (Fsp3) is 0.154. The molecular weight excluding hydrogens is 278 g/mol. The summed E-state index contributed by atoms with van der Waals surface area (Å²) in [5.41, 5.74) is 1.34. The van der Waals surface area contributed by atoms with Crippen molar-refractivity contribution in [2.24, 2.45) is 7.05 Å². The summed E-state index contributed by atoms with van der Waals surface area (Å²) in [5, 5.41) is 8.24. The van der Waals surface area contributed by atoms with Crippen LogP contribution in [0.25, 0.3) is 11.0 Å². The standard InChI is InChI=1S/C13H12ClN5O/c1-19-11-10(7-16-19)12(20)18-13(17-11)15-6-8-3-2-4-9(14)5-8/h2-5,7H,6H2,1H3,(H2,15,17,18,20). The molecule has 0 unspecified atom stereocenters. The van der Waals surface area contributed by atoms with E-state index in [1.54, 1.807) is 11.7 Å². The van der Waals surface area contributed by atoms with Crippen molar-refractivity contribution in [2.75, 3.05) is 5.32 Å². The molecule has 0 saturated heterocycles. The van der Waals surface area contributed by atoms with Crippen LogP contribution in [0.3, 0.4) is 0 Å². The predicted molar refractivity (Wildman–Crippen MR) is 77.9 cm³/mol. The number of nitrogens with one attached hydrogen (secondary N) is 2. The molecule has 0 aliphatic rings. The molecule has 0 amide bonds. The molecule has 20 heavy (non-hydrogen) atoms. The molecule has 102 valence electrons. The first kappa shape index (κ1) is 12.7. The normalized spacial score (nSPS) is 10.9. The van der Waals surface area contributed by atoms with Crippen molar-refractivity contribution in [2.45, 2.75) is 6.54 Å². The maximum Gasteiger partial charge on any atom is 0.263 e. The lowest BCUT2D eigenvalue weighted by Crippen LogP contribution is -2.13. The van der Waals surface area contributed by atoms with E-state index in [2.05, 4.69) is 20.4 Å². The number of halogens is 1. The van der Waals surface area contributed by atoms with Gasteiger partial charge in [-0.05, 0) is 17.7 Å². The minimum Gasteiger partial charge on any atom is -0.352 e. The first-order valence-corrected chi connectivity index (χ1v) is 6.41. The van der Waals surface area contributed by atoms with Crippen LogP contribution >= 0.6 is 11.6 Å². The summed E-state index contributed by atoms with van der Waals surface area (Å²) < 4.78 is 1.56. The molecule has 0 atom stereocenters. The lowest BCUT2D eigenvalue weighted by Gasteiger charge is -2.06. The van der Waals surface area contributed by atoms with Crippen LogP contribution in [0.15, 0.2) is 35.3 Å². The first-order chi connectivity index (χ1) is 9.63. The van der Waals surface area contributed by atoms with Gasteiger partial charge in [-0.25, -0.2) is 0 Å². The van der Waals surface area contributed by atoms with E-state index < -0.39 is 0 Å². The molecule has 2 aromatic heterocycles. The number of anilines is 1. The molecule has 0 saturated carbocycles. The number of benzene rings is 1. The quantitative estimate of drug-likeness (QED) is 0.772. The largest absolute Gasteiger partial charge is 0.352 e. The average Bonchev–Trinajstić information content (AvgIpc) is 2.79. The average molecular weight is 290 g/mol. The Labute approximate surface area is 119 Å². The van der Waals surface area contributed by atoms with Crippen LogP contribution in [-0.2, 0) is 13.6 Å². The Morgan fingerprint density at radius 3 is 3.10 bits per heavy atom. The monoisotopic (exact) mass is 289 g/mol. The van der Waals surface area contributed by atoms with E-state index in [1.807, 2.05) is 24.3 Å². The van der Waals surface area contributed by atoms with E-state index in [0.717, 1.165) is 5.56 Å². The van der Waals surface area contributed by atoms with Crippen LogP contribution in [0.4, 0.5) is 5.95 Å². The van der Waals surface area contributed by atoms with E-state index in [9.17, 15) is 4.79 Å². The minimum absolute atomic E-state index is 0.211. The van der Waals surface area contributed by atoms with E-state index in [4.69, 9.17) is 11.6 Å².